The number of rotatable bonds is 8. The molecule has 0 bridgehead atoms. The summed E-state index contributed by atoms with van der Waals surface area (Å²) in [7, 11) is 1.87. The summed E-state index contributed by atoms with van der Waals surface area (Å²) in [5.74, 6) is 1.35. The highest BCUT2D eigenvalue weighted by Crippen LogP contribution is 2.45. The van der Waals surface area contributed by atoms with Gasteiger partial charge in [0, 0.05) is 25.5 Å². The third-order valence-electron chi connectivity index (χ3n) is 8.75. The number of hydrogen-bond acceptors (Lipinski definition) is 8. The van der Waals surface area contributed by atoms with Gasteiger partial charge in [0.15, 0.2) is 0 Å². The molecule has 218 valence electrons. The number of carbonyl (C=O) groups excluding carboxylic acids is 1. The van der Waals surface area contributed by atoms with Gasteiger partial charge in [-0.1, -0.05) is 67.9 Å². The van der Waals surface area contributed by atoms with E-state index in [1.54, 1.807) is 5.06 Å². The van der Waals surface area contributed by atoms with Crippen molar-refractivity contribution < 1.29 is 9.63 Å². The second-order valence-electron chi connectivity index (χ2n) is 11.4. The van der Waals surface area contributed by atoms with Crippen molar-refractivity contribution in [3.05, 3.63) is 94.0 Å². The van der Waals surface area contributed by atoms with Crippen molar-refractivity contribution in [3.8, 4) is 22.5 Å². The first kappa shape index (κ1) is 27.3. The third-order valence-corrected chi connectivity index (χ3v) is 8.75. The number of hydrogen-bond donors (Lipinski definition) is 1. The van der Waals surface area contributed by atoms with Crippen LogP contribution in [0.2, 0.25) is 0 Å². The van der Waals surface area contributed by atoms with E-state index in [1.807, 2.05) is 54.1 Å². The second kappa shape index (κ2) is 11.3. The van der Waals surface area contributed by atoms with Crippen LogP contribution in [0.5, 0.6) is 0 Å². The molecule has 2 aromatic heterocycles. The Morgan fingerprint density at radius 1 is 1.02 bits per heavy atom. The molecule has 10 heteroatoms. The minimum absolute atomic E-state index is 0.0691. The topological polar surface area (TPSA) is 119 Å². The zero-order valence-corrected chi connectivity index (χ0v) is 24.2. The summed E-state index contributed by atoms with van der Waals surface area (Å²) in [5.41, 5.74) is 5.43. The lowest BCUT2D eigenvalue weighted by Crippen LogP contribution is -2.27. The van der Waals surface area contributed by atoms with E-state index in [2.05, 4.69) is 51.8 Å². The van der Waals surface area contributed by atoms with Gasteiger partial charge in [0.1, 0.15) is 11.6 Å². The molecule has 7 rings (SSSR count). The van der Waals surface area contributed by atoms with Crippen molar-refractivity contribution in [2.75, 3.05) is 7.05 Å². The first-order valence-corrected chi connectivity index (χ1v) is 14.9. The normalized spacial score (nSPS) is 20.2. The van der Waals surface area contributed by atoms with Crippen molar-refractivity contribution in [2.24, 2.45) is 5.92 Å². The maximum atomic E-state index is 14.1. The van der Waals surface area contributed by atoms with E-state index in [9.17, 15) is 9.59 Å². The molecule has 1 N–H and O–H groups in total. The summed E-state index contributed by atoms with van der Waals surface area (Å²) in [4.78, 5) is 37.8. The molecular formula is C33H33N7O3. The van der Waals surface area contributed by atoms with Crippen LogP contribution in [-0.2, 0) is 22.6 Å². The van der Waals surface area contributed by atoms with E-state index in [0.29, 0.717) is 29.7 Å². The minimum atomic E-state index is -0.208. The molecule has 2 aliphatic rings. The number of H-pyrrole nitrogens is 1. The Morgan fingerprint density at radius 2 is 1.84 bits per heavy atom. The number of benzene rings is 3. The number of hydroxylamine groups is 2. The van der Waals surface area contributed by atoms with E-state index in [0.717, 1.165) is 59.3 Å². The largest absolute Gasteiger partial charge is 0.299 e. The third kappa shape index (κ3) is 4.96. The molecule has 5 aromatic rings. The Hall–Kier alpha value is -4.54. The maximum absolute atomic E-state index is 14.1. The van der Waals surface area contributed by atoms with Crippen molar-refractivity contribution >= 4 is 16.7 Å². The van der Waals surface area contributed by atoms with Crippen LogP contribution in [0.15, 0.2) is 71.5 Å². The van der Waals surface area contributed by atoms with Crippen LogP contribution in [0.3, 0.4) is 0 Å². The number of ketones is 1. The average molecular weight is 576 g/mol. The van der Waals surface area contributed by atoms with Crippen LogP contribution >= 0.6 is 0 Å². The average Bonchev–Trinajstić information content (AvgIpc) is 3.77. The van der Waals surface area contributed by atoms with Gasteiger partial charge in [0.2, 0.25) is 5.82 Å². The summed E-state index contributed by atoms with van der Waals surface area (Å²) >= 11 is 0. The van der Waals surface area contributed by atoms with Crippen LogP contribution in [0.4, 0.5) is 0 Å². The van der Waals surface area contributed by atoms with Crippen LogP contribution in [0, 0.1) is 5.92 Å². The number of fused-ring (bicyclic) bond motifs is 2. The smallest absolute Gasteiger partial charge is 0.261 e. The Labute approximate surface area is 248 Å². The van der Waals surface area contributed by atoms with E-state index in [4.69, 9.17) is 9.82 Å². The standard InChI is InChI=1S/C33H33N7O3/c1-3-4-9-29-34-26-15-14-22(31-30-27(41)16-17-28(30)43-39(31)2)18-25(26)33(42)40(29)19-20-10-12-21(13-11-20)23-7-5-6-8-24(23)32-35-37-38-36-32/h5-8,10-15,18,28,30-31H,3-4,9,16-17,19H2,1-2H3,(H,35,36,37,38)/t28-,30+,31-/m0/s1. The summed E-state index contributed by atoms with van der Waals surface area (Å²) in [6, 6.07) is 21.8. The lowest BCUT2D eigenvalue weighted by Gasteiger charge is -2.22. The summed E-state index contributed by atoms with van der Waals surface area (Å²) in [6.07, 6.45) is 3.87. The van der Waals surface area contributed by atoms with Crippen LogP contribution in [0.25, 0.3) is 33.4 Å². The maximum Gasteiger partial charge on any atom is 0.261 e. The summed E-state index contributed by atoms with van der Waals surface area (Å²) in [5, 5.41) is 16.9. The number of aryl methyl sites for hydroxylation is 1. The van der Waals surface area contributed by atoms with Crippen molar-refractivity contribution in [3.63, 3.8) is 0 Å². The Bertz CT molecular complexity index is 1850. The van der Waals surface area contributed by atoms with Crippen LogP contribution < -0.4 is 5.56 Å². The molecule has 43 heavy (non-hydrogen) atoms. The first-order valence-electron chi connectivity index (χ1n) is 14.9. The number of carbonyl (C=O) groups is 1. The molecule has 0 radical (unpaired) electrons. The van der Waals surface area contributed by atoms with Gasteiger partial charge >= 0.3 is 0 Å². The quantitative estimate of drug-likeness (QED) is 0.278. The van der Waals surface area contributed by atoms with Gasteiger partial charge in [-0.05, 0) is 52.4 Å². The molecule has 1 aliphatic heterocycles. The molecule has 3 aromatic carbocycles. The lowest BCUT2D eigenvalue weighted by molar-refractivity contribution is -0.145. The minimum Gasteiger partial charge on any atom is -0.299 e. The molecule has 1 saturated heterocycles. The predicted octanol–water partition coefficient (Wildman–Crippen LogP) is 4.90. The molecule has 0 unspecified atom stereocenters. The number of Topliss-reactive ketones (excluding diaryl/α,β-unsaturated/α-hetero) is 1. The fourth-order valence-corrected chi connectivity index (χ4v) is 6.59. The SMILES string of the molecule is CCCCc1nc2ccc([C@H]3[C@@H]4C(=O)CC[C@@H]4ON3C)cc2c(=O)n1Cc1ccc(-c2ccccc2-c2nn[nH]n2)cc1. The molecule has 1 saturated carbocycles. The molecule has 3 heterocycles. The van der Waals surface area contributed by atoms with Crippen molar-refractivity contribution in [1.82, 2.24) is 35.2 Å². The highest BCUT2D eigenvalue weighted by Gasteiger charge is 2.50. The second-order valence-corrected chi connectivity index (χ2v) is 11.4. The monoisotopic (exact) mass is 575 g/mol. The zero-order valence-electron chi connectivity index (χ0n) is 24.2. The number of nitrogens with zero attached hydrogens (tertiary/aromatic N) is 6. The molecule has 3 atom stereocenters. The van der Waals surface area contributed by atoms with Crippen molar-refractivity contribution in [2.45, 2.75) is 57.7 Å². The van der Waals surface area contributed by atoms with Gasteiger partial charge in [-0.25, -0.2) is 4.98 Å². The fourth-order valence-electron chi connectivity index (χ4n) is 6.59. The van der Waals surface area contributed by atoms with Gasteiger partial charge < -0.3 is 0 Å². The molecule has 10 nitrogen and oxygen atoms in total. The number of nitrogens with one attached hydrogen (secondary N) is 1. The number of aromatic nitrogens is 6. The Kier molecular flexibility index (Phi) is 7.16. The zero-order chi connectivity index (χ0) is 29.5. The lowest BCUT2D eigenvalue weighted by atomic mass is 9.90. The molecular weight excluding hydrogens is 542 g/mol. The summed E-state index contributed by atoms with van der Waals surface area (Å²) < 4.78 is 1.81. The van der Waals surface area contributed by atoms with E-state index in [-0.39, 0.29) is 29.4 Å². The van der Waals surface area contributed by atoms with E-state index >= 15 is 0 Å². The first-order chi connectivity index (χ1) is 21.0. The van der Waals surface area contributed by atoms with E-state index < -0.39 is 0 Å². The predicted molar refractivity (Wildman–Crippen MR) is 162 cm³/mol. The molecule has 0 spiro atoms. The molecule has 1 aliphatic carbocycles. The van der Waals surface area contributed by atoms with Gasteiger partial charge in [0.05, 0.1) is 35.5 Å². The summed E-state index contributed by atoms with van der Waals surface area (Å²) in [6.45, 7) is 2.55. The number of tetrazole rings is 1. The highest BCUT2D eigenvalue weighted by molar-refractivity contribution is 5.86. The van der Waals surface area contributed by atoms with Gasteiger partial charge in [-0.3, -0.25) is 19.0 Å². The van der Waals surface area contributed by atoms with Crippen LogP contribution in [-0.4, -0.2) is 54.2 Å². The molecule has 2 fully saturated rings. The van der Waals surface area contributed by atoms with E-state index in [1.165, 1.54) is 0 Å². The molecule has 0 amide bonds. The number of unbranched alkanes of at least 4 members (excludes halogenated alkanes) is 1. The van der Waals surface area contributed by atoms with Gasteiger partial charge in [-0.15, -0.1) is 10.2 Å². The van der Waals surface area contributed by atoms with Crippen molar-refractivity contribution in [1.29, 1.82) is 0 Å². The number of aromatic amines is 1. The fraction of sp³-hybridized carbons (Fsp3) is 0.333. The van der Waals surface area contributed by atoms with Crippen LogP contribution in [0.1, 0.15) is 55.6 Å². The van der Waals surface area contributed by atoms with Gasteiger partial charge in [-0.2, -0.15) is 10.3 Å². The Morgan fingerprint density at radius 3 is 2.60 bits per heavy atom. The Balaban J connectivity index is 1.24. The van der Waals surface area contributed by atoms with Gasteiger partial charge in [0.25, 0.3) is 5.56 Å². The highest BCUT2D eigenvalue weighted by atomic mass is 16.7.